The average molecular weight is 282 g/mol. The number of carbonyl (C=O) groups excluding carboxylic acids is 1. The largest absolute Gasteiger partial charge is 0.384 e. The van der Waals surface area contributed by atoms with Crippen LogP contribution in [0.4, 0.5) is 14.5 Å². The van der Waals surface area contributed by atoms with E-state index in [-0.39, 0.29) is 26.3 Å². The van der Waals surface area contributed by atoms with Gasteiger partial charge in [-0.3, -0.25) is 4.79 Å². The second-order valence-corrected chi connectivity index (χ2v) is 4.42. The number of rotatable bonds is 4. The Kier molecular flexibility index (Phi) is 4.46. The zero-order valence-corrected chi connectivity index (χ0v) is 10.9. The fourth-order valence-corrected chi connectivity index (χ4v) is 1.90. The molecule has 0 atom stereocenters. The number of alkyl halides is 2. The molecule has 0 spiro atoms. The van der Waals surface area contributed by atoms with Crippen molar-refractivity contribution in [2.75, 3.05) is 31.6 Å². The van der Waals surface area contributed by atoms with Gasteiger partial charge in [0.2, 0.25) is 0 Å². The van der Waals surface area contributed by atoms with Crippen molar-refractivity contribution in [1.29, 1.82) is 0 Å². The van der Waals surface area contributed by atoms with Crippen molar-refractivity contribution in [3.05, 3.63) is 36.4 Å². The van der Waals surface area contributed by atoms with Gasteiger partial charge in [-0.15, -0.1) is 0 Å². The van der Waals surface area contributed by atoms with E-state index in [0.29, 0.717) is 5.69 Å². The van der Waals surface area contributed by atoms with Gasteiger partial charge in [-0.25, -0.2) is 4.90 Å². The molecule has 0 aliphatic carbocycles. The van der Waals surface area contributed by atoms with Crippen LogP contribution in [0.25, 0.3) is 6.08 Å². The van der Waals surface area contributed by atoms with Gasteiger partial charge in [0.15, 0.2) is 0 Å². The molecular weight excluding hydrogens is 266 g/mol. The molecule has 1 aliphatic heterocycles. The van der Waals surface area contributed by atoms with E-state index in [0.717, 1.165) is 10.5 Å². The summed E-state index contributed by atoms with van der Waals surface area (Å²) in [5.41, 5.74) is 1.18. The molecule has 20 heavy (non-hydrogen) atoms. The highest BCUT2D eigenvalue weighted by atomic mass is 19.3. The van der Waals surface area contributed by atoms with Crippen molar-refractivity contribution < 1.29 is 18.3 Å². The second kappa shape index (κ2) is 6.11. The maximum atomic E-state index is 14.0. The molecule has 1 aliphatic rings. The number of amides is 1. The third-order valence-electron chi connectivity index (χ3n) is 3.09. The standard InChI is InChI=1S/C14H16F2N2O2/c1-2-11-3-5-12(6-4-11)17-13(19)14(15,16)18-7-9-20-10-8-18/h2-6H,1,7-10H2,(H,17,19). The minimum absolute atomic E-state index is 0.0375. The van der Waals surface area contributed by atoms with Crippen molar-refractivity contribution >= 4 is 17.7 Å². The Hall–Kier alpha value is -1.79. The van der Waals surface area contributed by atoms with Gasteiger partial charge in [0.25, 0.3) is 0 Å². The van der Waals surface area contributed by atoms with Gasteiger partial charge in [-0.1, -0.05) is 24.8 Å². The summed E-state index contributed by atoms with van der Waals surface area (Å²) in [7, 11) is 0. The first-order valence-corrected chi connectivity index (χ1v) is 6.28. The van der Waals surface area contributed by atoms with Crippen LogP contribution in [0.3, 0.4) is 0 Å². The lowest BCUT2D eigenvalue weighted by atomic mass is 10.2. The summed E-state index contributed by atoms with van der Waals surface area (Å²) in [6.45, 7) is 4.08. The quantitative estimate of drug-likeness (QED) is 0.861. The van der Waals surface area contributed by atoms with E-state index in [9.17, 15) is 13.6 Å². The van der Waals surface area contributed by atoms with Crippen molar-refractivity contribution in [2.24, 2.45) is 0 Å². The van der Waals surface area contributed by atoms with Crippen LogP contribution in [0, 0.1) is 0 Å². The average Bonchev–Trinajstić information content (AvgIpc) is 2.49. The minimum Gasteiger partial charge on any atom is -0.379 e. The summed E-state index contributed by atoms with van der Waals surface area (Å²) in [5.74, 6) is -1.33. The minimum atomic E-state index is -3.54. The van der Waals surface area contributed by atoms with E-state index in [4.69, 9.17) is 4.74 Å². The normalized spacial score (nSPS) is 16.7. The number of carbonyl (C=O) groups is 1. The Bertz CT molecular complexity index is 482. The van der Waals surface area contributed by atoms with Gasteiger partial charge >= 0.3 is 12.0 Å². The van der Waals surface area contributed by atoms with E-state index >= 15 is 0 Å². The summed E-state index contributed by atoms with van der Waals surface area (Å²) in [4.78, 5) is 12.5. The Balaban J connectivity index is 2.03. The van der Waals surface area contributed by atoms with E-state index in [1.54, 1.807) is 30.3 Å². The highest BCUT2D eigenvalue weighted by Crippen LogP contribution is 2.23. The van der Waals surface area contributed by atoms with Crippen LogP contribution in [-0.2, 0) is 9.53 Å². The highest BCUT2D eigenvalue weighted by Gasteiger charge is 2.45. The molecule has 0 unspecified atom stereocenters. The predicted molar refractivity (Wildman–Crippen MR) is 72.5 cm³/mol. The van der Waals surface area contributed by atoms with Crippen LogP contribution in [0.5, 0.6) is 0 Å². The number of nitrogens with zero attached hydrogens (tertiary/aromatic N) is 1. The Labute approximate surface area is 116 Å². The number of benzene rings is 1. The molecule has 0 aromatic heterocycles. The summed E-state index contributed by atoms with van der Waals surface area (Å²) in [6.07, 6.45) is 1.63. The maximum Gasteiger partial charge on any atom is 0.384 e. The SMILES string of the molecule is C=Cc1ccc(NC(=O)C(F)(F)N2CCOCC2)cc1. The van der Waals surface area contributed by atoms with Crippen LogP contribution in [0.2, 0.25) is 0 Å². The van der Waals surface area contributed by atoms with Crippen molar-refractivity contribution in [1.82, 2.24) is 4.90 Å². The van der Waals surface area contributed by atoms with E-state index in [2.05, 4.69) is 11.9 Å². The predicted octanol–water partition coefficient (Wildman–Crippen LogP) is 2.19. The molecule has 0 radical (unpaired) electrons. The molecule has 2 rings (SSSR count). The van der Waals surface area contributed by atoms with Crippen LogP contribution in [0.1, 0.15) is 5.56 Å². The molecule has 108 valence electrons. The second-order valence-electron chi connectivity index (χ2n) is 4.42. The van der Waals surface area contributed by atoms with Crippen molar-refractivity contribution in [3.63, 3.8) is 0 Å². The van der Waals surface area contributed by atoms with Gasteiger partial charge < -0.3 is 10.1 Å². The molecule has 4 nitrogen and oxygen atoms in total. The Morgan fingerprint density at radius 2 is 1.90 bits per heavy atom. The Morgan fingerprint density at radius 1 is 1.30 bits per heavy atom. The lowest BCUT2D eigenvalue weighted by Gasteiger charge is -2.32. The first-order valence-electron chi connectivity index (χ1n) is 6.28. The Morgan fingerprint density at radius 3 is 2.45 bits per heavy atom. The van der Waals surface area contributed by atoms with E-state index < -0.39 is 12.0 Å². The fraction of sp³-hybridized carbons (Fsp3) is 0.357. The molecule has 1 heterocycles. The third kappa shape index (κ3) is 3.20. The molecular formula is C14H16F2N2O2. The van der Waals surface area contributed by atoms with Crippen LogP contribution in [0.15, 0.2) is 30.8 Å². The fourth-order valence-electron chi connectivity index (χ4n) is 1.90. The molecule has 6 heteroatoms. The van der Waals surface area contributed by atoms with Crippen LogP contribution < -0.4 is 5.32 Å². The maximum absolute atomic E-state index is 14.0. The summed E-state index contributed by atoms with van der Waals surface area (Å²) >= 11 is 0. The summed E-state index contributed by atoms with van der Waals surface area (Å²) in [6, 6.07) is 2.96. The first kappa shape index (κ1) is 14.6. The molecule has 1 amide bonds. The molecule has 1 fully saturated rings. The lowest BCUT2D eigenvalue weighted by molar-refractivity contribution is -0.183. The van der Waals surface area contributed by atoms with Gasteiger partial charge in [0.1, 0.15) is 0 Å². The highest BCUT2D eigenvalue weighted by molar-refractivity contribution is 5.95. The number of morpholine rings is 1. The number of hydrogen-bond donors (Lipinski definition) is 1. The zero-order chi connectivity index (χ0) is 14.6. The monoisotopic (exact) mass is 282 g/mol. The third-order valence-corrected chi connectivity index (χ3v) is 3.09. The molecule has 0 bridgehead atoms. The summed E-state index contributed by atoms with van der Waals surface area (Å²) < 4.78 is 33.0. The molecule has 1 aromatic carbocycles. The first-order chi connectivity index (χ1) is 9.54. The zero-order valence-electron chi connectivity index (χ0n) is 10.9. The number of ether oxygens (including phenoxy) is 1. The van der Waals surface area contributed by atoms with Gasteiger partial charge in [0.05, 0.1) is 13.2 Å². The molecule has 1 aromatic rings. The van der Waals surface area contributed by atoms with E-state index in [1.807, 2.05) is 0 Å². The van der Waals surface area contributed by atoms with Crippen LogP contribution in [-0.4, -0.2) is 43.2 Å². The van der Waals surface area contributed by atoms with Crippen molar-refractivity contribution in [2.45, 2.75) is 6.05 Å². The number of nitrogens with one attached hydrogen (secondary N) is 1. The van der Waals surface area contributed by atoms with Crippen molar-refractivity contribution in [3.8, 4) is 0 Å². The topological polar surface area (TPSA) is 41.6 Å². The smallest absolute Gasteiger partial charge is 0.379 e. The molecule has 0 saturated carbocycles. The van der Waals surface area contributed by atoms with Crippen LogP contribution >= 0.6 is 0 Å². The summed E-state index contributed by atoms with van der Waals surface area (Å²) in [5, 5.41) is 2.23. The number of hydrogen-bond acceptors (Lipinski definition) is 3. The molecule has 1 N–H and O–H groups in total. The number of halogens is 2. The van der Waals surface area contributed by atoms with E-state index in [1.165, 1.54) is 0 Å². The van der Waals surface area contributed by atoms with Gasteiger partial charge in [-0.05, 0) is 17.7 Å². The van der Waals surface area contributed by atoms with Gasteiger partial charge in [-0.2, -0.15) is 8.78 Å². The lowest BCUT2D eigenvalue weighted by Crippen LogP contribution is -2.54. The van der Waals surface area contributed by atoms with Gasteiger partial charge in [0, 0.05) is 18.8 Å². The molecule has 1 saturated heterocycles. The number of anilines is 1.